The minimum absolute atomic E-state index is 0.168. The molecule has 0 amide bonds. The zero-order chi connectivity index (χ0) is 22.7. The number of carbonyl (C=O) groups excluding carboxylic acids is 2. The average Bonchev–Trinajstić information content (AvgIpc) is 2.76. The van der Waals surface area contributed by atoms with Gasteiger partial charge in [0.05, 0.1) is 11.1 Å². The maximum Gasteiger partial charge on any atom is 0.459 e. The number of benzene rings is 3. The smallest absolute Gasteiger partial charge is 0.288 e. The molecule has 31 heavy (non-hydrogen) atoms. The Bertz CT molecular complexity index is 1150. The molecule has 1 atom stereocenters. The molecule has 3 aromatic carbocycles. The van der Waals surface area contributed by atoms with Crippen molar-refractivity contribution in [3.63, 3.8) is 0 Å². The fourth-order valence-corrected chi connectivity index (χ4v) is 5.63. The number of ketones is 1. The summed E-state index contributed by atoms with van der Waals surface area (Å²) in [5, 5.41) is 0.305. The SMILES string of the molecule is CCc1cccc(CC)c1C(=O)c1ccccc1[P+](=O)C(=O)c1c(C)cc(C)cc1C. The molecule has 3 aromatic rings. The Kier molecular flexibility index (Phi) is 6.97. The van der Waals surface area contributed by atoms with E-state index in [0.29, 0.717) is 22.0 Å². The van der Waals surface area contributed by atoms with Gasteiger partial charge in [-0.05, 0) is 68.0 Å². The molecule has 3 rings (SSSR count). The number of aryl methyl sites for hydroxylation is 5. The van der Waals surface area contributed by atoms with E-state index in [9.17, 15) is 14.2 Å². The Morgan fingerprint density at radius 2 is 1.32 bits per heavy atom. The Labute approximate surface area is 185 Å². The highest BCUT2D eigenvalue weighted by Crippen LogP contribution is 2.32. The van der Waals surface area contributed by atoms with Gasteiger partial charge in [-0.2, -0.15) is 0 Å². The molecule has 1 unspecified atom stereocenters. The van der Waals surface area contributed by atoms with Gasteiger partial charge in [-0.25, -0.2) is 4.79 Å². The van der Waals surface area contributed by atoms with Crippen LogP contribution in [0, 0.1) is 20.8 Å². The lowest BCUT2D eigenvalue weighted by Gasteiger charge is -2.12. The second-order valence-corrected chi connectivity index (χ2v) is 9.35. The number of hydrogen-bond acceptors (Lipinski definition) is 3. The molecule has 0 aliphatic carbocycles. The lowest BCUT2D eigenvalue weighted by atomic mass is 9.91. The highest BCUT2D eigenvalue weighted by Gasteiger charge is 2.38. The summed E-state index contributed by atoms with van der Waals surface area (Å²) in [4.78, 5) is 26.9. The summed E-state index contributed by atoms with van der Waals surface area (Å²) in [5.41, 5.74) is 5.66. The van der Waals surface area contributed by atoms with Gasteiger partial charge >= 0.3 is 13.3 Å². The monoisotopic (exact) mass is 431 g/mol. The first kappa shape index (κ1) is 22.8. The molecule has 0 aromatic heterocycles. The lowest BCUT2D eigenvalue weighted by molar-refractivity contribution is 0.103. The van der Waals surface area contributed by atoms with Crippen LogP contribution in [0.15, 0.2) is 54.6 Å². The van der Waals surface area contributed by atoms with Crippen molar-refractivity contribution in [1.82, 2.24) is 0 Å². The van der Waals surface area contributed by atoms with Crippen molar-refractivity contribution in [2.24, 2.45) is 0 Å². The van der Waals surface area contributed by atoms with Crippen LogP contribution in [0.5, 0.6) is 0 Å². The van der Waals surface area contributed by atoms with Crippen LogP contribution in [0.4, 0.5) is 0 Å². The summed E-state index contributed by atoms with van der Waals surface area (Å²) < 4.78 is 13.4. The Hall–Kier alpha value is -2.90. The molecule has 158 valence electrons. The van der Waals surface area contributed by atoms with Crippen molar-refractivity contribution in [2.75, 3.05) is 0 Å². The van der Waals surface area contributed by atoms with Gasteiger partial charge in [0, 0.05) is 5.56 Å². The molecule has 0 saturated heterocycles. The van der Waals surface area contributed by atoms with Crippen molar-refractivity contribution in [2.45, 2.75) is 47.5 Å². The van der Waals surface area contributed by atoms with Crippen LogP contribution < -0.4 is 5.30 Å². The molecule has 4 heteroatoms. The van der Waals surface area contributed by atoms with Crippen LogP contribution in [0.3, 0.4) is 0 Å². The predicted molar refractivity (Wildman–Crippen MR) is 127 cm³/mol. The first-order chi connectivity index (χ1) is 14.8. The molecular weight excluding hydrogens is 403 g/mol. The Morgan fingerprint density at radius 1 is 0.774 bits per heavy atom. The zero-order valence-electron chi connectivity index (χ0n) is 18.8. The van der Waals surface area contributed by atoms with E-state index in [-0.39, 0.29) is 5.78 Å². The fourth-order valence-electron chi connectivity index (χ4n) is 4.24. The van der Waals surface area contributed by atoms with Gasteiger partial charge in [0.2, 0.25) is 5.30 Å². The predicted octanol–water partition coefficient (Wildman–Crippen LogP) is 6.26. The van der Waals surface area contributed by atoms with E-state index in [4.69, 9.17) is 0 Å². The third-order valence-electron chi connectivity index (χ3n) is 5.67. The van der Waals surface area contributed by atoms with Crippen molar-refractivity contribution in [3.05, 3.63) is 99.1 Å². The van der Waals surface area contributed by atoms with Crippen molar-refractivity contribution < 1.29 is 14.2 Å². The van der Waals surface area contributed by atoms with Crippen LogP contribution >= 0.6 is 7.80 Å². The summed E-state index contributed by atoms with van der Waals surface area (Å²) in [5.74, 6) is -0.168. The Balaban J connectivity index is 2.11. The first-order valence-electron chi connectivity index (χ1n) is 10.6. The summed E-state index contributed by atoms with van der Waals surface area (Å²) in [7, 11) is -2.44. The maximum absolute atomic E-state index is 13.6. The fraction of sp³-hybridized carbons (Fsp3) is 0.259. The normalized spacial score (nSPS) is 11.3. The summed E-state index contributed by atoms with van der Waals surface area (Å²) >= 11 is 0. The largest absolute Gasteiger partial charge is 0.459 e. The zero-order valence-corrected chi connectivity index (χ0v) is 19.7. The van der Waals surface area contributed by atoms with Crippen molar-refractivity contribution >= 4 is 24.4 Å². The number of rotatable bonds is 7. The molecule has 3 nitrogen and oxygen atoms in total. The van der Waals surface area contributed by atoms with E-state index in [1.807, 2.05) is 65.0 Å². The van der Waals surface area contributed by atoms with Gasteiger partial charge < -0.3 is 0 Å². The van der Waals surface area contributed by atoms with E-state index < -0.39 is 13.3 Å². The molecule has 0 saturated carbocycles. The van der Waals surface area contributed by atoms with Crippen LogP contribution in [-0.4, -0.2) is 11.3 Å². The standard InChI is InChI=1S/C27H28O3P/c1-6-20-11-10-12-21(7-2)25(20)26(28)22-13-8-9-14-23(22)31(30)27(29)24-18(4)15-17(3)16-19(24)5/h8-16H,6-7H2,1-5H3/q+1. The number of carbonyl (C=O) groups is 2. The lowest BCUT2D eigenvalue weighted by Crippen LogP contribution is -2.18. The topological polar surface area (TPSA) is 51.2 Å². The summed E-state index contributed by atoms with van der Waals surface area (Å²) in [6.45, 7) is 9.73. The molecule has 0 N–H and O–H groups in total. The highest BCUT2D eigenvalue weighted by molar-refractivity contribution is 7.71. The third-order valence-corrected chi connectivity index (χ3v) is 7.09. The van der Waals surface area contributed by atoms with E-state index in [2.05, 4.69) is 0 Å². The molecular formula is C27H28O3P+. The van der Waals surface area contributed by atoms with Crippen molar-refractivity contribution in [3.8, 4) is 0 Å². The van der Waals surface area contributed by atoms with E-state index in [1.165, 1.54) is 0 Å². The van der Waals surface area contributed by atoms with Crippen LogP contribution in [-0.2, 0) is 17.4 Å². The van der Waals surface area contributed by atoms with Gasteiger partial charge in [0.1, 0.15) is 0 Å². The average molecular weight is 431 g/mol. The molecule has 0 aliphatic heterocycles. The van der Waals surface area contributed by atoms with E-state index >= 15 is 0 Å². The third kappa shape index (κ3) is 4.43. The van der Waals surface area contributed by atoms with Crippen LogP contribution in [0.25, 0.3) is 0 Å². The van der Waals surface area contributed by atoms with Crippen LogP contribution in [0.2, 0.25) is 0 Å². The van der Waals surface area contributed by atoms with Gasteiger partial charge in [-0.1, -0.05) is 66.4 Å². The van der Waals surface area contributed by atoms with Crippen LogP contribution in [0.1, 0.15) is 67.9 Å². The van der Waals surface area contributed by atoms with Gasteiger partial charge in [0.15, 0.2) is 5.78 Å². The minimum Gasteiger partial charge on any atom is -0.288 e. The molecule has 0 aliphatic rings. The second-order valence-electron chi connectivity index (χ2n) is 7.88. The number of hydrogen-bond donors (Lipinski definition) is 0. The summed E-state index contributed by atoms with van der Waals surface area (Å²) in [6.07, 6.45) is 1.45. The Morgan fingerprint density at radius 3 is 1.87 bits per heavy atom. The quantitative estimate of drug-likeness (QED) is 0.328. The molecule has 0 bridgehead atoms. The van der Waals surface area contributed by atoms with Gasteiger partial charge in [-0.3, -0.25) is 4.79 Å². The van der Waals surface area contributed by atoms with E-state index in [1.54, 1.807) is 24.3 Å². The maximum atomic E-state index is 13.6. The summed E-state index contributed by atoms with van der Waals surface area (Å²) in [6, 6.07) is 16.5. The molecule has 0 heterocycles. The van der Waals surface area contributed by atoms with Crippen molar-refractivity contribution in [1.29, 1.82) is 0 Å². The van der Waals surface area contributed by atoms with Gasteiger partial charge in [-0.15, -0.1) is 0 Å². The second kappa shape index (κ2) is 9.49. The highest BCUT2D eigenvalue weighted by atomic mass is 31.1. The molecule has 0 fully saturated rings. The minimum atomic E-state index is -2.44. The van der Waals surface area contributed by atoms with Gasteiger partial charge in [0.25, 0.3) is 0 Å². The molecule has 0 radical (unpaired) electrons. The van der Waals surface area contributed by atoms with E-state index in [0.717, 1.165) is 40.7 Å². The molecule has 0 spiro atoms. The first-order valence-corrected chi connectivity index (χ1v) is 11.9.